The molecule has 5 rings (SSSR count). The summed E-state index contributed by atoms with van der Waals surface area (Å²) in [4.78, 5) is 20.0. The second-order valence-corrected chi connectivity index (χ2v) is 9.38. The highest BCUT2D eigenvalue weighted by molar-refractivity contribution is 5.98. The average Bonchev–Trinajstić information content (AvgIpc) is 3.44. The molecule has 1 aliphatic rings. The largest absolute Gasteiger partial charge is 0.497 e. The quantitative estimate of drug-likeness (QED) is 0.346. The molecule has 2 heterocycles. The van der Waals surface area contributed by atoms with Crippen LogP contribution in [0.1, 0.15) is 49.1 Å². The zero-order valence-electron chi connectivity index (χ0n) is 20.7. The van der Waals surface area contributed by atoms with Gasteiger partial charge in [0, 0.05) is 31.5 Å². The minimum atomic E-state index is -0.0271. The fourth-order valence-corrected chi connectivity index (χ4v) is 4.88. The fourth-order valence-electron chi connectivity index (χ4n) is 4.88. The number of rotatable bonds is 7. The molecule has 0 spiro atoms. The number of hydrogen-bond donors (Lipinski definition) is 0. The first-order chi connectivity index (χ1) is 17.0. The molecule has 1 aromatic heterocycles. The van der Waals surface area contributed by atoms with Gasteiger partial charge in [-0.05, 0) is 41.3 Å². The molecule has 0 saturated carbocycles. The van der Waals surface area contributed by atoms with E-state index < -0.39 is 0 Å². The van der Waals surface area contributed by atoms with Gasteiger partial charge in [0.05, 0.1) is 30.9 Å². The Morgan fingerprint density at radius 1 is 1.00 bits per heavy atom. The Morgan fingerprint density at radius 2 is 1.77 bits per heavy atom. The van der Waals surface area contributed by atoms with Crippen molar-refractivity contribution in [1.29, 1.82) is 0 Å². The number of aromatic nitrogens is 2. The zero-order chi connectivity index (χ0) is 24.5. The van der Waals surface area contributed by atoms with Crippen LogP contribution in [0.25, 0.3) is 11.0 Å². The van der Waals surface area contributed by atoms with E-state index in [9.17, 15) is 4.79 Å². The van der Waals surface area contributed by atoms with Crippen molar-refractivity contribution in [3.05, 3.63) is 83.7 Å². The van der Waals surface area contributed by atoms with Crippen molar-refractivity contribution in [2.24, 2.45) is 0 Å². The number of imidazole rings is 1. The van der Waals surface area contributed by atoms with Gasteiger partial charge in [-0.2, -0.15) is 0 Å². The van der Waals surface area contributed by atoms with E-state index in [0.717, 1.165) is 22.5 Å². The third-order valence-corrected chi connectivity index (χ3v) is 6.84. The lowest BCUT2D eigenvalue weighted by Gasteiger charge is -2.20. The normalized spacial score (nSPS) is 15.9. The van der Waals surface area contributed by atoms with Gasteiger partial charge >= 0.3 is 0 Å². The summed E-state index contributed by atoms with van der Waals surface area (Å²) < 4.78 is 13.2. The number of benzene rings is 3. The van der Waals surface area contributed by atoms with Crippen LogP contribution in [-0.2, 0) is 11.3 Å². The lowest BCUT2D eigenvalue weighted by Crippen LogP contribution is -2.25. The summed E-state index contributed by atoms with van der Waals surface area (Å²) in [6.07, 6.45) is 0.399. The highest BCUT2D eigenvalue weighted by atomic mass is 16.5. The molecule has 1 saturated heterocycles. The molecule has 1 aliphatic heterocycles. The summed E-state index contributed by atoms with van der Waals surface area (Å²) in [7, 11) is 3.24. The van der Waals surface area contributed by atoms with Crippen LogP contribution in [0.2, 0.25) is 0 Å². The molecular weight excluding hydrogens is 438 g/mol. The van der Waals surface area contributed by atoms with Crippen molar-refractivity contribution < 1.29 is 14.3 Å². The van der Waals surface area contributed by atoms with Crippen molar-refractivity contribution in [1.82, 2.24) is 9.55 Å². The zero-order valence-corrected chi connectivity index (χ0v) is 20.7. The molecule has 35 heavy (non-hydrogen) atoms. The van der Waals surface area contributed by atoms with Crippen molar-refractivity contribution in [2.45, 2.75) is 38.6 Å². The van der Waals surface area contributed by atoms with Crippen LogP contribution in [0.4, 0.5) is 5.69 Å². The number of ether oxygens (including phenoxy) is 2. The molecule has 0 radical (unpaired) electrons. The summed E-state index contributed by atoms with van der Waals surface area (Å²) in [5, 5.41) is 0. The molecule has 1 amide bonds. The highest BCUT2D eigenvalue weighted by Crippen LogP contribution is 2.39. The highest BCUT2D eigenvalue weighted by Gasteiger charge is 2.36. The number of carbonyl (C=O) groups is 1. The van der Waals surface area contributed by atoms with E-state index in [2.05, 4.69) is 48.7 Å². The van der Waals surface area contributed by atoms with Gasteiger partial charge < -0.3 is 18.9 Å². The Hall–Kier alpha value is -3.80. The number of para-hydroxylation sites is 2. The van der Waals surface area contributed by atoms with Crippen LogP contribution in [0, 0.1) is 0 Å². The Labute approximate surface area is 206 Å². The van der Waals surface area contributed by atoms with Gasteiger partial charge in [-0.25, -0.2) is 4.98 Å². The number of fused-ring (bicyclic) bond motifs is 1. The summed E-state index contributed by atoms with van der Waals surface area (Å²) in [6, 6.07) is 22.5. The number of methoxy groups -OCH3 is 2. The van der Waals surface area contributed by atoms with E-state index >= 15 is 0 Å². The van der Waals surface area contributed by atoms with E-state index in [1.165, 1.54) is 11.1 Å². The van der Waals surface area contributed by atoms with Gasteiger partial charge in [-0.3, -0.25) is 4.79 Å². The van der Waals surface area contributed by atoms with Gasteiger partial charge in [-0.15, -0.1) is 0 Å². The maximum Gasteiger partial charge on any atom is 0.227 e. The standard InChI is InChI=1S/C29H31N3O3/c1-19(2)21-11-9-20(10-12-21)17-32-25-8-6-5-7-24(25)30-29(32)22-15-28(33)31(18-22)26-16-23(34-3)13-14-27(26)35-4/h5-14,16,19,22H,15,17-18H2,1-4H3. The lowest BCUT2D eigenvalue weighted by atomic mass is 10.0. The molecule has 4 aromatic rings. The number of hydrogen-bond acceptors (Lipinski definition) is 4. The van der Waals surface area contributed by atoms with Gasteiger partial charge in [-0.1, -0.05) is 50.2 Å². The minimum absolute atomic E-state index is 0.0271. The van der Waals surface area contributed by atoms with Gasteiger partial charge in [0.25, 0.3) is 0 Å². The second-order valence-electron chi connectivity index (χ2n) is 9.38. The molecular formula is C29H31N3O3. The van der Waals surface area contributed by atoms with Gasteiger partial charge in [0.2, 0.25) is 5.91 Å². The van der Waals surface area contributed by atoms with Crippen LogP contribution in [0.15, 0.2) is 66.7 Å². The van der Waals surface area contributed by atoms with Crippen LogP contribution >= 0.6 is 0 Å². The predicted molar refractivity (Wildman–Crippen MR) is 139 cm³/mol. The van der Waals surface area contributed by atoms with Crippen LogP contribution < -0.4 is 14.4 Å². The SMILES string of the molecule is COc1ccc(OC)c(N2CC(c3nc4ccccc4n3Cc3ccc(C(C)C)cc3)CC2=O)c1. The molecule has 6 heteroatoms. The molecule has 1 unspecified atom stereocenters. The smallest absolute Gasteiger partial charge is 0.227 e. The maximum absolute atomic E-state index is 13.2. The summed E-state index contributed by atoms with van der Waals surface area (Å²) >= 11 is 0. The summed E-state index contributed by atoms with van der Waals surface area (Å²) in [5.74, 6) is 2.81. The van der Waals surface area contributed by atoms with Crippen molar-refractivity contribution in [3.63, 3.8) is 0 Å². The van der Waals surface area contributed by atoms with E-state index in [4.69, 9.17) is 14.5 Å². The Balaban J connectivity index is 1.50. The first kappa shape index (κ1) is 23.0. The molecule has 1 fully saturated rings. The van der Waals surface area contributed by atoms with Gasteiger partial charge in [0.15, 0.2) is 0 Å². The number of amides is 1. The van der Waals surface area contributed by atoms with Crippen molar-refractivity contribution in [3.8, 4) is 11.5 Å². The maximum atomic E-state index is 13.2. The molecule has 0 N–H and O–H groups in total. The average molecular weight is 470 g/mol. The second kappa shape index (κ2) is 9.45. The number of nitrogens with zero attached hydrogens (tertiary/aromatic N) is 3. The first-order valence-electron chi connectivity index (χ1n) is 12.0. The minimum Gasteiger partial charge on any atom is -0.497 e. The Morgan fingerprint density at radius 3 is 2.49 bits per heavy atom. The van der Waals surface area contributed by atoms with Crippen molar-refractivity contribution in [2.75, 3.05) is 25.7 Å². The third-order valence-electron chi connectivity index (χ3n) is 6.84. The van der Waals surface area contributed by atoms with Crippen LogP contribution in [0.3, 0.4) is 0 Å². The first-order valence-corrected chi connectivity index (χ1v) is 12.0. The lowest BCUT2D eigenvalue weighted by molar-refractivity contribution is -0.117. The number of anilines is 1. The molecule has 180 valence electrons. The monoisotopic (exact) mass is 469 g/mol. The molecule has 3 aromatic carbocycles. The summed E-state index contributed by atoms with van der Waals surface area (Å²) in [5.41, 5.74) is 5.31. The van der Waals surface area contributed by atoms with E-state index in [-0.39, 0.29) is 11.8 Å². The molecule has 1 atom stereocenters. The Bertz CT molecular complexity index is 1360. The fraction of sp³-hybridized carbons (Fsp3) is 0.310. The molecule has 0 aliphatic carbocycles. The Kier molecular flexibility index (Phi) is 6.20. The van der Waals surface area contributed by atoms with E-state index in [1.54, 1.807) is 19.1 Å². The third kappa shape index (κ3) is 4.36. The molecule has 0 bridgehead atoms. The van der Waals surface area contributed by atoms with Crippen LogP contribution in [-0.4, -0.2) is 36.2 Å². The predicted octanol–water partition coefficient (Wildman–Crippen LogP) is 5.75. The number of carbonyl (C=O) groups excluding carboxylic acids is 1. The van der Waals surface area contributed by atoms with Crippen LogP contribution in [0.5, 0.6) is 11.5 Å². The van der Waals surface area contributed by atoms with Crippen molar-refractivity contribution >= 4 is 22.6 Å². The van der Waals surface area contributed by atoms with E-state index in [0.29, 0.717) is 36.9 Å². The summed E-state index contributed by atoms with van der Waals surface area (Å²) in [6.45, 7) is 5.66. The van der Waals surface area contributed by atoms with Gasteiger partial charge in [0.1, 0.15) is 17.3 Å². The van der Waals surface area contributed by atoms with E-state index in [1.807, 2.05) is 36.4 Å². The molecule has 6 nitrogen and oxygen atoms in total. The topological polar surface area (TPSA) is 56.6 Å².